The number of nitrogens with two attached hydrogens (primary N) is 2. The van der Waals surface area contributed by atoms with Gasteiger partial charge >= 0.3 is 0 Å². The molecule has 0 aliphatic heterocycles. The Morgan fingerprint density at radius 1 is 0.833 bits per heavy atom. The predicted octanol–water partition coefficient (Wildman–Crippen LogP) is -3.16. The molecule has 6 heteroatoms. The van der Waals surface area contributed by atoms with Crippen molar-refractivity contribution in [2.24, 2.45) is 11.7 Å². The minimum Gasteiger partial charge on any atom is -0.257 e. The summed E-state index contributed by atoms with van der Waals surface area (Å²) in [7, 11) is 0. The molecule has 0 aliphatic carbocycles. The summed E-state index contributed by atoms with van der Waals surface area (Å²) < 4.78 is 0. The van der Waals surface area contributed by atoms with Gasteiger partial charge in [0.15, 0.2) is 0 Å². The molecule has 0 amide bonds. The molecule has 0 aliphatic rings. The summed E-state index contributed by atoms with van der Waals surface area (Å²) in [6, 6.07) is 0. The summed E-state index contributed by atoms with van der Waals surface area (Å²) in [5.74, 6) is 9.39. The maximum Gasteiger partial charge on any atom is -0.166 e. The van der Waals surface area contributed by atoms with Gasteiger partial charge in [-0.15, -0.1) is 0 Å². The minimum atomic E-state index is 2.06. The van der Waals surface area contributed by atoms with Crippen LogP contribution in [-0.4, -0.2) is 0 Å². The molecule has 0 radical (unpaired) electrons. The summed E-state index contributed by atoms with van der Waals surface area (Å²) in [5.41, 5.74) is 8.61. The average Bonchev–Trinajstić information content (AvgIpc) is 1.61. The van der Waals surface area contributed by atoms with E-state index >= 15 is 0 Å². The van der Waals surface area contributed by atoms with Crippen LogP contribution in [0.3, 0.4) is 0 Å². The SMILES string of the molecule is NNNNNN. The number of nitrogens with one attached hydrogen (secondary N) is 4. The molecular formula is H8N6. The lowest BCUT2D eigenvalue weighted by molar-refractivity contribution is 0.381. The molecule has 6 heavy (non-hydrogen) atoms. The highest BCUT2D eigenvalue weighted by molar-refractivity contribution is 3.99. The van der Waals surface area contributed by atoms with Crippen molar-refractivity contribution < 1.29 is 0 Å². The highest BCUT2D eigenvalue weighted by atomic mass is 15.8. The summed E-state index contributed by atoms with van der Waals surface area (Å²) in [4.78, 5) is 0. The highest BCUT2D eigenvalue weighted by Gasteiger charge is 1.62. The van der Waals surface area contributed by atoms with Gasteiger partial charge in [-0.1, -0.05) is 0 Å². The Labute approximate surface area is 35.1 Å². The quantitative estimate of drug-likeness (QED) is 0.125. The van der Waals surface area contributed by atoms with Crippen molar-refractivity contribution in [1.82, 2.24) is 22.1 Å². The lowest BCUT2D eigenvalue weighted by Gasteiger charge is -1.98. The van der Waals surface area contributed by atoms with Crippen LogP contribution in [0, 0.1) is 0 Å². The van der Waals surface area contributed by atoms with E-state index in [0.29, 0.717) is 0 Å². The molecule has 0 bridgehead atoms. The lowest BCUT2D eigenvalue weighted by Crippen LogP contribution is -2.55. The van der Waals surface area contributed by atoms with Crippen molar-refractivity contribution in [3.05, 3.63) is 0 Å². The van der Waals surface area contributed by atoms with E-state index in [1.807, 2.05) is 0 Å². The minimum absolute atomic E-state index is 2.06. The van der Waals surface area contributed by atoms with Gasteiger partial charge in [0.2, 0.25) is 0 Å². The standard InChI is InChI=1S/H8N6/c1-3-5-6-4-2/h3-6H,1-2H2. The first kappa shape index (κ1) is 5.76. The van der Waals surface area contributed by atoms with Crippen LogP contribution in [-0.2, 0) is 0 Å². The van der Waals surface area contributed by atoms with Gasteiger partial charge in [0, 0.05) is 0 Å². The predicted molar refractivity (Wildman–Crippen MR) is 20.9 cm³/mol. The van der Waals surface area contributed by atoms with Crippen LogP contribution >= 0.6 is 0 Å². The van der Waals surface area contributed by atoms with Gasteiger partial charge in [-0.2, -0.15) is 22.1 Å². The first-order valence-corrected chi connectivity index (χ1v) is 1.33. The first-order valence-electron chi connectivity index (χ1n) is 1.33. The number of rotatable bonds is 3. The third-order valence-electron chi connectivity index (χ3n) is 0.207. The van der Waals surface area contributed by atoms with Crippen LogP contribution in [0.5, 0.6) is 0 Å². The zero-order valence-corrected chi connectivity index (χ0v) is 3.15. The Bertz CT molecular complexity index is 12.0. The van der Waals surface area contributed by atoms with Crippen molar-refractivity contribution >= 4 is 0 Å². The van der Waals surface area contributed by atoms with Crippen molar-refractivity contribution in [2.45, 2.75) is 0 Å². The molecule has 38 valence electrons. The molecule has 0 saturated carbocycles. The molecule has 0 spiro atoms. The molecule has 0 atom stereocenters. The number of hydrogen-bond acceptors (Lipinski definition) is 6. The van der Waals surface area contributed by atoms with E-state index < -0.39 is 0 Å². The third kappa shape index (κ3) is 3.76. The van der Waals surface area contributed by atoms with E-state index in [1.54, 1.807) is 0 Å². The van der Waals surface area contributed by atoms with E-state index in [1.165, 1.54) is 0 Å². The molecule has 0 aromatic carbocycles. The topological polar surface area (TPSA) is 100 Å². The maximum atomic E-state index is 4.70. The van der Waals surface area contributed by atoms with E-state index in [4.69, 9.17) is 11.7 Å². The van der Waals surface area contributed by atoms with Gasteiger partial charge in [0.05, 0.1) is 0 Å². The largest absolute Gasteiger partial charge is 0.257 e. The average molecular weight is 92.1 g/mol. The van der Waals surface area contributed by atoms with E-state index in [9.17, 15) is 0 Å². The molecule has 0 rings (SSSR count). The Hall–Kier alpha value is -0.240. The Morgan fingerprint density at radius 3 is 1.33 bits per heavy atom. The monoisotopic (exact) mass is 92.1 g/mol. The molecule has 0 unspecified atom stereocenters. The van der Waals surface area contributed by atoms with Crippen LogP contribution in [0.4, 0.5) is 0 Å². The Balaban J connectivity index is 2.34. The van der Waals surface area contributed by atoms with Crippen LogP contribution in [0.1, 0.15) is 0 Å². The second-order valence-electron chi connectivity index (χ2n) is 0.539. The zero-order valence-electron chi connectivity index (χ0n) is 3.15. The highest BCUT2D eigenvalue weighted by Crippen LogP contribution is 1.07. The second-order valence-corrected chi connectivity index (χ2v) is 0.539. The van der Waals surface area contributed by atoms with Crippen molar-refractivity contribution in [1.29, 1.82) is 0 Å². The van der Waals surface area contributed by atoms with Gasteiger partial charge in [-0.25, -0.2) is 0 Å². The Kier molecular flexibility index (Phi) is 4.57. The fourth-order valence-electron chi connectivity index (χ4n) is 0.0722. The third-order valence-corrected chi connectivity index (χ3v) is 0.207. The van der Waals surface area contributed by atoms with Crippen molar-refractivity contribution in [3.8, 4) is 0 Å². The number of hydrogen-bond donors (Lipinski definition) is 6. The summed E-state index contributed by atoms with van der Waals surface area (Å²) in [6.07, 6.45) is 0. The van der Waals surface area contributed by atoms with Gasteiger partial charge in [0.1, 0.15) is 0 Å². The van der Waals surface area contributed by atoms with Crippen LogP contribution in [0.15, 0.2) is 0 Å². The normalized spacial score (nSPS) is 9.00. The number of hydrazine groups is 5. The van der Waals surface area contributed by atoms with Crippen LogP contribution < -0.4 is 33.8 Å². The zero-order chi connectivity index (χ0) is 4.83. The molecular weight excluding hydrogens is 84.0 g/mol. The lowest BCUT2D eigenvalue weighted by atomic mass is 12.2. The molecule has 0 aromatic rings. The molecule has 0 fully saturated rings. The van der Waals surface area contributed by atoms with Crippen LogP contribution in [0.2, 0.25) is 0 Å². The summed E-state index contributed by atoms with van der Waals surface area (Å²) >= 11 is 0. The maximum absolute atomic E-state index is 4.70. The molecule has 8 N–H and O–H groups in total. The van der Waals surface area contributed by atoms with Gasteiger partial charge in [0.25, 0.3) is 0 Å². The van der Waals surface area contributed by atoms with Crippen molar-refractivity contribution in [2.75, 3.05) is 0 Å². The van der Waals surface area contributed by atoms with E-state index in [0.717, 1.165) is 0 Å². The molecule has 0 heterocycles. The first-order chi connectivity index (χ1) is 2.91. The van der Waals surface area contributed by atoms with Gasteiger partial charge in [-0.05, 0) is 0 Å². The molecule has 0 aromatic heterocycles. The van der Waals surface area contributed by atoms with Crippen molar-refractivity contribution in [3.63, 3.8) is 0 Å². The Morgan fingerprint density at radius 2 is 1.17 bits per heavy atom. The fraction of sp³-hybridized carbons (Fsp3) is 0. The molecule has 0 saturated heterocycles. The van der Waals surface area contributed by atoms with Crippen LogP contribution in [0.25, 0.3) is 0 Å². The van der Waals surface area contributed by atoms with E-state index in [-0.39, 0.29) is 0 Å². The summed E-state index contributed by atoms with van der Waals surface area (Å²) in [6.45, 7) is 0. The molecule has 6 nitrogen and oxygen atoms in total. The van der Waals surface area contributed by atoms with E-state index in [2.05, 4.69) is 22.1 Å². The van der Waals surface area contributed by atoms with Gasteiger partial charge < -0.3 is 0 Å². The fourth-order valence-corrected chi connectivity index (χ4v) is 0.0722. The smallest absolute Gasteiger partial charge is 0.166 e. The second kappa shape index (κ2) is 4.76. The summed E-state index contributed by atoms with van der Waals surface area (Å²) in [5, 5.41) is 0. The van der Waals surface area contributed by atoms with Gasteiger partial charge in [-0.3, -0.25) is 11.7 Å².